The van der Waals surface area contributed by atoms with E-state index in [0.29, 0.717) is 6.04 Å². The summed E-state index contributed by atoms with van der Waals surface area (Å²) in [5.41, 5.74) is 1.25. The lowest BCUT2D eigenvalue weighted by Crippen LogP contribution is -2.36. The fourth-order valence-electron chi connectivity index (χ4n) is 2.13. The van der Waals surface area contributed by atoms with Crippen LogP contribution in [0.5, 0.6) is 0 Å². The van der Waals surface area contributed by atoms with E-state index in [1.54, 1.807) is 6.20 Å². The number of aromatic nitrogens is 1. The molecule has 15 heavy (non-hydrogen) atoms. The van der Waals surface area contributed by atoms with Gasteiger partial charge in [-0.2, -0.15) is 0 Å². The maximum Gasteiger partial charge on any atom is 0.0693 e. The Balaban J connectivity index is 1.71. The van der Waals surface area contributed by atoms with Crippen molar-refractivity contribution in [2.24, 2.45) is 0 Å². The summed E-state index contributed by atoms with van der Waals surface area (Å²) in [5, 5.41) is 13.0. The van der Waals surface area contributed by atoms with Crippen LogP contribution in [-0.4, -0.2) is 28.8 Å². The number of nitrogens with zero attached hydrogens (tertiary/aromatic N) is 1. The lowest BCUT2D eigenvalue weighted by atomic mass is 10.2. The summed E-state index contributed by atoms with van der Waals surface area (Å²) in [5.74, 6) is 0. The normalized spacial score (nSPS) is 25.7. The number of hydrogen-bond donors (Lipinski definition) is 2. The van der Waals surface area contributed by atoms with Crippen LogP contribution in [0.3, 0.4) is 0 Å². The monoisotopic (exact) mass is 206 g/mol. The summed E-state index contributed by atoms with van der Waals surface area (Å²) in [6.07, 6.45) is 7.73. The maximum atomic E-state index is 9.61. The highest BCUT2D eigenvalue weighted by Crippen LogP contribution is 2.18. The second-order valence-corrected chi connectivity index (χ2v) is 4.17. The SMILES string of the molecule is O[C@@H]1CCC[C@H]1NCCc1cccnc1. The van der Waals surface area contributed by atoms with Crippen LogP contribution in [0, 0.1) is 0 Å². The first-order valence-electron chi connectivity index (χ1n) is 5.66. The van der Waals surface area contributed by atoms with Crippen molar-refractivity contribution < 1.29 is 5.11 Å². The Hall–Kier alpha value is -0.930. The Morgan fingerprint density at radius 3 is 3.07 bits per heavy atom. The van der Waals surface area contributed by atoms with Crippen LogP contribution in [0.25, 0.3) is 0 Å². The number of aliphatic hydroxyl groups excluding tert-OH is 1. The number of pyridine rings is 1. The molecule has 1 heterocycles. The molecule has 82 valence electrons. The van der Waals surface area contributed by atoms with E-state index in [-0.39, 0.29) is 6.10 Å². The van der Waals surface area contributed by atoms with Gasteiger partial charge in [0.25, 0.3) is 0 Å². The Labute approximate surface area is 90.5 Å². The lowest BCUT2D eigenvalue weighted by molar-refractivity contribution is 0.149. The zero-order valence-corrected chi connectivity index (χ0v) is 8.89. The number of aliphatic hydroxyl groups is 1. The highest BCUT2D eigenvalue weighted by Gasteiger charge is 2.23. The number of nitrogens with one attached hydrogen (secondary N) is 1. The molecule has 3 heteroatoms. The summed E-state index contributed by atoms with van der Waals surface area (Å²) >= 11 is 0. The van der Waals surface area contributed by atoms with Crippen molar-refractivity contribution in [3.8, 4) is 0 Å². The van der Waals surface area contributed by atoms with Gasteiger partial charge in [-0.05, 0) is 43.9 Å². The second-order valence-electron chi connectivity index (χ2n) is 4.17. The third-order valence-electron chi connectivity index (χ3n) is 3.02. The van der Waals surface area contributed by atoms with Crippen LogP contribution in [-0.2, 0) is 6.42 Å². The van der Waals surface area contributed by atoms with Gasteiger partial charge < -0.3 is 10.4 Å². The zero-order chi connectivity index (χ0) is 10.5. The fourth-order valence-corrected chi connectivity index (χ4v) is 2.13. The molecule has 1 aromatic heterocycles. The highest BCUT2D eigenvalue weighted by molar-refractivity contribution is 5.08. The summed E-state index contributed by atoms with van der Waals surface area (Å²) in [6, 6.07) is 4.35. The van der Waals surface area contributed by atoms with Gasteiger partial charge in [-0.15, -0.1) is 0 Å². The van der Waals surface area contributed by atoms with Crippen LogP contribution in [0.4, 0.5) is 0 Å². The van der Waals surface area contributed by atoms with Gasteiger partial charge in [0.05, 0.1) is 6.10 Å². The van der Waals surface area contributed by atoms with Crippen LogP contribution in [0.1, 0.15) is 24.8 Å². The molecule has 0 aliphatic heterocycles. The van der Waals surface area contributed by atoms with E-state index in [1.165, 1.54) is 5.56 Å². The van der Waals surface area contributed by atoms with Crippen molar-refractivity contribution in [3.05, 3.63) is 30.1 Å². The minimum atomic E-state index is -0.140. The zero-order valence-electron chi connectivity index (χ0n) is 8.89. The average Bonchev–Trinajstić information content (AvgIpc) is 2.66. The van der Waals surface area contributed by atoms with Crippen LogP contribution >= 0.6 is 0 Å². The van der Waals surface area contributed by atoms with Crippen LogP contribution in [0.2, 0.25) is 0 Å². The molecule has 2 N–H and O–H groups in total. The molecule has 1 fully saturated rings. The highest BCUT2D eigenvalue weighted by atomic mass is 16.3. The molecule has 0 radical (unpaired) electrons. The summed E-state index contributed by atoms with van der Waals surface area (Å²) in [6.45, 7) is 0.924. The fraction of sp³-hybridized carbons (Fsp3) is 0.583. The molecule has 0 bridgehead atoms. The van der Waals surface area contributed by atoms with Crippen molar-refractivity contribution in [3.63, 3.8) is 0 Å². The Kier molecular flexibility index (Phi) is 3.69. The smallest absolute Gasteiger partial charge is 0.0693 e. The van der Waals surface area contributed by atoms with Gasteiger partial charge in [0.2, 0.25) is 0 Å². The summed E-state index contributed by atoms with van der Waals surface area (Å²) in [4.78, 5) is 4.07. The Morgan fingerprint density at radius 1 is 1.47 bits per heavy atom. The van der Waals surface area contributed by atoms with E-state index in [1.807, 2.05) is 12.3 Å². The topological polar surface area (TPSA) is 45.1 Å². The van der Waals surface area contributed by atoms with Gasteiger partial charge in [-0.25, -0.2) is 0 Å². The van der Waals surface area contributed by atoms with E-state index in [4.69, 9.17) is 0 Å². The van der Waals surface area contributed by atoms with Crippen molar-refractivity contribution in [2.45, 2.75) is 37.8 Å². The van der Waals surface area contributed by atoms with Gasteiger partial charge in [0, 0.05) is 18.4 Å². The quantitative estimate of drug-likeness (QED) is 0.776. The molecule has 1 aliphatic carbocycles. The third-order valence-corrected chi connectivity index (χ3v) is 3.02. The standard InChI is InChI=1S/C12H18N2O/c15-12-5-1-4-11(12)14-8-6-10-3-2-7-13-9-10/h2-3,7,9,11-12,14-15H,1,4-6,8H2/t11-,12-/m1/s1. The van der Waals surface area contributed by atoms with Crippen molar-refractivity contribution in [1.82, 2.24) is 10.3 Å². The maximum absolute atomic E-state index is 9.61. The molecule has 1 aliphatic rings. The molecule has 1 aromatic rings. The lowest BCUT2D eigenvalue weighted by Gasteiger charge is -2.16. The molecule has 2 atom stereocenters. The Bertz CT molecular complexity index is 289. The first-order valence-corrected chi connectivity index (χ1v) is 5.66. The Morgan fingerprint density at radius 2 is 2.40 bits per heavy atom. The second kappa shape index (κ2) is 5.24. The minimum absolute atomic E-state index is 0.140. The molecular weight excluding hydrogens is 188 g/mol. The van der Waals surface area contributed by atoms with E-state index in [9.17, 15) is 5.11 Å². The van der Waals surface area contributed by atoms with E-state index >= 15 is 0 Å². The van der Waals surface area contributed by atoms with Gasteiger partial charge in [0.15, 0.2) is 0 Å². The van der Waals surface area contributed by atoms with E-state index < -0.39 is 0 Å². The predicted octanol–water partition coefficient (Wildman–Crippen LogP) is 1.13. The largest absolute Gasteiger partial charge is 0.392 e. The van der Waals surface area contributed by atoms with Gasteiger partial charge in [-0.1, -0.05) is 6.07 Å². The van der Waals surface area contributed by atoms with Crippen molar-refractivity contribution in [1.29, 1.82) is 0 Å². The molecule has 1 saturated carbocycles. The number of rotatable bonds is 4. The molecule has 3 nitrogen and oxygen atoms in total. The molecule has 0 aromatic carbocycles. The summed E-state index contributed by atoms with van der Waals surface area (Å²) in [7, 11) is 0. The van der Waals surface area contributed by atoms with E-state index in [0.717, 1.165) is 32.2 Å². The van der Waals surface area contributed by atoms with Gasteiger partial charge >= 0.3 is 0 Å². The average molecular weight is 206 g/mol. The third kappa shape index (κ3) is 3.01. The van der Waals surface area contributed by atoms with Crippen LogP contribution < -0.4 is 5.32 Å². The molecule has 0 spiro atoms. The molecule has 0 amide bonds. The summed E-state index contributed by atoms with van der Waals surface area (Å²) < 4.78 is 0. The number of hydrogen-bond acceptors (Lipinski definition) is 3. The minimum Gasteiger partial charge on any atom is -0.392 e. The molecule has 2 rings (SSSR count). The molecule has 0 unspecified atom stereocenters. The van der Waals surface area contributed by atoms with Gasteiger partial charge in [0.1, 0.15) is 0 Å². The van der Waals surface area contributed by atoms with Crippen LogP contribution in [0.15, 0.2) is 24.5 Å². The molecule has 0 saturated heterocycles. The van der Waals surface area contributed by atoms with Gasteiger partial charge in [-0.3, -0.25) is 4.98 Å². The predicted molar refractivity (Wildman–Crippen MR) is 59.6 cm³/mol. The first-order chi connectivity index (χ1) is 7.36. The van der Waals surface area contributed by atoms with Crippen molar-refractivity contribution >= 4 is 0 Å². The molecular formula is C12H18N2O. The van der Waals surface area contributed by atoms with Crippen molar-refractivity contribution in [2.75, 3.05) is 6.54 Å². The van der Waals surface area contributed by atoms with E-state index in [2.05, 4.69) is 16.4 Å². The first kappa shape index (κ1) is 10.6.